The first kappa shape index (κ1) is 19.2. The first-order valence-electron chi connectivity index (χ1n) is 8.20. The summed E-state index contributed by atoms with van der Waals surface area (Å²) in [4.78, 5) is 12.1. The Morgan fingerprint density at radius 1 is 1.00 bits per heavy atom. The summed E-state index contributed by atoms with van der Waals surface area (Å²) in [6, 6.07) is 15.7. The van der Waals surface area contributed by atoms with E-state index < -0.39 is 22.5 Å². The van der Waals surface area contributed by atoms with Gasteiger partial charge in [0, 0.05) is 5.02 Å². The summed E-state index contributed by atoms with van der Waals surface area (Å²) < 4.78 is 32.3. The van der Waals surface area contributed by atoms with Crippen LogP contribution in [0.15, 0.2) is 59.5 Å². The Bertz CT molecular complexity index is 1130. The lowest BCUT2D eigenvalue weighted by Gasteiger charge is -2.11. The molecule has 0 atom stereocenters. The summed E-state index contributed by atoms with van der Waals surface area (Å²) >= 11 is 5.98. The molecule has 0 radical (unpaired) electrons. The molecule has 0 aliphatic rings. The van der Waals surface area contributed by atoms with Crippen LogP contribution in [0.5, 0.6) is 5.75 Å². The summed E-state index contributed by atoms with van der Waals surface area (Å²) in [5, 5.41) is 2.44. The predicted molar refractivity (Wildman–Crippen MR) is 106 cm³/mol. The van der Waals surface area contributed by atoms with Gasteiger partial charge in [0.2, 0.25) is 0 Å². The highest BCUT2D eigenvalue weighted by molar-refractivity contribution is 7.90. The van der Waals surface area contributed by atoms with Crippen molar-refractivity contribution in [2.75, 3.05) is 6.61 Å². The van der Waals surface area contributed by atoms with Crippen molar-refractivity contribution in [3.05, 3.63) is 70.7 Å². The molecule has 0 saturated heterocycles. The molecule has 3 aromatic carbocycles. The van der Waals surface area contributed by atoms with Gasteiger partial charge in [0.15, 0.2) is 6.61 Å². The second-order valence-electron chi connectivity index (χ2n) is 6.24. The van der Waals surface area contributed by atoms with Crippen LogP contribution in [0.2, 0.25) is 5.02 Å². The van der Waals surface area contributed by atoms with Crippen LogP contribution in [0.25, 0.3) is 10.8 Å². The van der Waals surface area contributed by atoms with Crippen LogP contribution in [0.1, 0.15) is 11.1 Å². The minimum atomic E-state index is -3.95. The molecule has 0 aliphatic carbocycles. The molecule has 3 aromatic rings. The van der Waals surface area contributed by atoms with Gasteiger partial charge in [-0.3, -0.25) is 4.79 Å². The number of benzene rings is 3. The number of aryl methyl sites for hydroxylation is 2. The molecular formula is C20H18ClNO4S. The maximum Gasteiger partial charge on any atom is 0.271 e. The van der Waals surface area contributed by atoms with Gasteiger partial charge < -0.3 is 4.74 Å². The van der Waals surface area contributed by atoms with E-state index in [-0.39, 0.29) is 4.90 Å². The van der Waals surface area contributed by atoms with Gasteiger partial charge in [-0.25, -0.2) is 13.1 Å². The van der Waals surface area contributed by atoms with E-state index in [1.54, 1.807) is 43.3 Å². The van der Waals surface area contributed by atoms with Crippen molar-refractivity contribution in [1.29, 1.82) is 0 Å². The van der Waals surface area contributed by atoms with E-state index in [0.29, 0.717) is 16.3 Å². The van der Waals surface area contributed by atoms with Crippen LogP contribution in [-0.4, -0.2) is 20.9 Å². The fraction of sp³-hybridized carbons (Fsp3) is 0.150. The topological polar surface area (TPSA) is 72.5 Å². The highest BCUT2D eigenvalue weighted by atomic mass is 35.5. The Kier molecular flexibility index (Phi) is 5.39. The van der Waals surface area contributed by atoms with Crippen LogP contribution >= 0.6 is 11.6 Å². The third-order valence-electron chi connectivity index (χ3n) is 4.01. The number of ether oxygens (including phenoxy) is 1. The standard InChI is InChI=1S/C20H18ClNO4S/c1-13-3-8-19(14(2)9-13)27(24,25)22-20(23)12-26-18-7-5-15-4-6-17(21)10-16(15)11-18/h3-11H,12H2,1-2H3,(H,22,23). The average molecular weight is 404 g/mol. The van der Waals surface area contributed by atoms with Crippen molar-refractivity contribution in [3.8, 4) is 5.75 Å². The lowest BCUT2D eigenvalue weighted by atomic mass is 10.1. The Morgan fingerprint density at radius 2 is 1.74 bits per heavy atom. The Morgan fingerprint density at radius 3 is 2.48 bits per heavy atom. The number of carbonyl (C=O) groups excluding carboxylic acids is 1. The number of halogens is 1. The number of carbonyl (C=O) groups is 1. The van der Waals surface area contributed by atoms with Gasteiger partial charge in [0.25, 0.3) is 15.9 Å². The minimum Gasteiger partial charge on any atom is -0.484 e. The lowest BCUT2D eigenvalue weighted by molar-refractivity contribution is -0.121. The summed E-state index contributed by atoms with van der Waals surface area (Å²) in [5.41, 5.74) is 1.51. The minimum absolute atomic E-state index is 0.0711. The quantitative estimate of drug-likeness (QED) is 0.699. The zero-order valence-corrected chi connectivity index (χ0v) is 16.4. The molecule has 1 amide bonds. The second kappa shape index (κ2) is 7.58. The number of amides is 1. The number of nitrogens with one attached hydrogen (secondary N) is 1. The van der Waals surface area contributed by atoms with E-state index in [1.807, 2.05) is 23.8 Å². The summed E-state index contributed by atoms with van der Waals surface area (Å²) in [6.07, 6.45) is 0. The van der Waals surface area contributed by atoms with E-state index >= 15 is 0 Å². The number of hydrogen-bond donors (Lipinski definition) is 1. The fourth-order valence-electron chi connectivity index (χ4n) is 2.77. The molecule has 27 heavy (non-hydrogen) atoms. The number of hydrogen-bond acceptors (Lipinski definition) is 4. The molecule has 7 heteroatoms. The third kappa shape index (κ3) is 4.59. The molecule has 0 unspecified atom stereocenters. The highest BCUT2D eigenvalue weighted by Crippen LogP contribution is 2.24. The molecule has 0 saturated carbocycles. The Balaban J connectivity index is 1.69. The van der Waals surface area contributed by atoms with Gasteiger partial charge in [-0.05, 0) is 60.5 Å². The summed E-state index contributed by atoms with van der Waals surface area (Å²) in [5.74, 6) is -0.301. The van der Waals surface area contributed by atoms with E-state index in [1.165, 1.54) is 6.07 Å². The summed E-state index contributed by atoms with van der Waals surface area (Å²) in [6.45, 7) is 3.13. The van der Waals surface area contributed by atoms with Crippen LogP contribution in [0.3, 0.4) is 0 Å². The molecule has 3 rings (SSSR count). The van der Waals surface area contributed by atoms with E-state index in [9.17, 15) is 13.2 Å². The normalized spacial score (nSPS) is 11.4. The molecule has 0 aromatic heterocycles. The van der Waals surface area contributed by atoms with E-state index in [2.05, 4.69) is 0 Å². The molecule has 0 heterocycles. The molecule has 0 spiro atoms. The second-order valence-corrected chi connectivity index (χ2v) is 8.33. The molecule has 1 N–H and O–H groups in total. The molecule has 0 fully saturated rings. The van der Waals surface area contributed by atoms with Crippen LogP contribution < -0.4 is 9.46 Å². The number of rotatable bonds is 5. The van der Waals surface area contributed by atoms with Crippen LogP contribution in [0, 0.1) is 13.8 Å². The zero-order valence-electron chi connectivity index (χ0n) is 14.8. The number of sulfonamides is 1. The fourth-order valence-corrected chi connectivity index (χ4v) is 4.15. The van der Waals surface area contributed by atoms with Crippen molar-refractivity contribution >= 4 is 38.3 Å². The van der Waals surface area contributed by atoms with Gasteiger partial charge in [-0.2, -0.15) is 0 Å². The molecule has 0 aliphatic heterocycles. The van der Waals surface area contributed by atoms with E-state index in [4.69, 9.17) is 16.3 Å². The first-order valence-corrected chi connectivity index (χ1v) is 10.1. The predicted octanol–water partition coefficient (Wildman–Crippen LogP) is 3.99. The smallest absolute Gasteiger partial charge is 0.271 e. The van der Waals surface area contributed by atoms with Gasteiger partial charge in [0.1, 0.15) is 5.75 Å². The maximum absolute atomic E-state index is 12.4. The SMILES string of the molecule is Cc1ccc(S(=O)(=O)NC(=O)COc2ccc3ccc(Cl)cc3c2)c(C)c1. The van der Waals surface area contributed by atoms with Crippen molar-refractivity contribution in [2.45, 2.75) is 18.7 Å². The third-order valence-corrected chi connectivity index (χ3v) is 5.78. The highest BCUT2D eigenvalue weighted by Gasteiger charge is 2.20. The number of fused-ring (bicyclic) bond motifs is 1. The molecule has 5 nitrogen and oxygen atoms in total. The van der Waals surface area contributed by atoms with Gasteiger partial charge in [-0.15, -0.1) is 0 Å². The van der Waals surface area contributed by atoms with Crippen LogP contribution in [0.4, 0.5) is 0 Å². The van der Waals surface area contributed by atoms with Crippen molar-refractivity contribution in [1.82, 2.24) is 4.72 Å². The van der Waals surface area contributed by atoms with Gasteiger partial charge in [-0.1, -0.05) is 41.4 Å². The zero-order chi connectivity index (χ0) is 19.6. The lowest BCUT2D eigenvalue weighted by Crippen LogP contribution is -2.34. The Labute approximate surface area is 163 Å². The molecule has 0 bridgehead atoms. The van der Waals surface area contributed by atoms with Gasteiger partial charge >= 0.3 is 0 Å². The van der Waals surface area contributed by atoms with E-state index in [0.717, 1.165) is 16.3 Å². The van der Waals surface area contributed by atoms with Crippen molar-refractivity contribution in [3.63, 3.8) is 0 Å². The average Bonchev–Trinajstić information content (AvgIpc) is 2.58. The molecular weight excluding hydrogens is 386 g/mol. The van der Waals surface area contributed by atoms with Crippen molar-refractivity contribution in [2.24, 2.45) is 0 Å². The van der Waals surface area contributed by atoms with Crippen LogP contribution in [-0.2, 0) is 14.8 Å². The van der Waals surface area contributed by atoms with Gasteiger partial charge in [0.05, 0.1) is 4.90 Å². The van der Waals surface area contributed by atoms with Crippen molar-refractivity contribution < 1.29 is 17.9 Å². The Hall–Kier alpha value is -2.57. The monoisotopic (exact) mass is 403 g/mol. The summed E-state index contributed by atoms with van der Waals surface area (Å²) in [7, 11) is -3.95. The maximum atomic E-state index is 12.4. The molecule has 140 valence electrons. The largest absolute Gasteiger partial charge is 0.484 e. The first-order chi connectivity index (χ1) is 12.7.